The topological polar surface area (TPSA) is 56.1 Å². The molecule has 4 heteroatoms. The van der Waals surface area contributed by atoms with Crippen LogP contribution in [0.3, 0.4) is 0 Å². The second kappa shape index (κ2) is 6.13. The number of anilines is 2. The SMILES string of the molecule is CC(=O)N1c2ccccc2C(Nc2ccccc2C#N)CC1C. The zero-order valence-electron chi connectivity index (χ0n) is 13.3. The summed E-state index contributed by atoms with van der Waals surface area (Å²) in [5, 5.41) is 12.8. The first-order chi connectivity index (χ1) is 11.1. The molecule has 0 fully saturated rings. The molecule has 2 aromatic carbocycles. The molecule has 1 aliphatic rings. The molecule has 0 saturated heterocycles. The molecule has 23 heavy (non-hydrogen) atoms. The van der Waals surface area contributed by atoms with Crippen LogP contribution in [0.4, 0.5) is 11.4 Å². The normalized spacial score (nSPS) is 19.6. The van der Waals surface area contributed by atoms with Gasteiger partial charge >= 0.3 is 0 Å². The number of nitrogens with zero attached hydrogens (tertiary/aromatic N) is 2. The number of benzene rings is 2. The van der Waals surface area contributed by atoms with E-state index in [4.69, 9.17) is 0 Å². The maximum Gasteiger partial charge on any atom is 0.224 e. The number of nitrogens with one attached hydrogen (secondary N) is 1. The molecule has 0 saturated carbocycles. The van der Waals surface area contributed by atoms with Gasteiger partial charge in [-0.3, -0.25) is 4.79 Å². The monoisotopic (exact) mass is 305 g/mol. The Labute approximate surface area is 136 Å². The van der Waals surface area contributed by atoms with Crippen molar-refractivity contribution in [3.8, 4) is 6.07 Å². The Morgan fingerprint density at radius 2 is 1.91 bits per heavy atom. The molecule has 3 rings (SSSR count). The molecular formula is C19H19N3O. The number of carbonyl (C=O) groups excluding carboxylic acids is 1. The van der Waals surface area contributed by atoms with Crippen LogP contribution in [0.2, 0.25) is 0 Å². The number of rotatable bonds is 2. The smallest absolute Gasteiger partial charge is 0.224 e. The lowest BCUT2D eigenvalue weighted by molar-refractivity contribution is -0.117. The first-order valence-electron chi connectivity index (χ1n) is 7.76. The Balaban J connectivity index is 1.99. The molecule has 1 heterocycles. The van der Waals surface area contributed by atoms with Crippen LogP contribution in [0.25, 0.3) is 0 Å². The Kier molecular flexibility index (Phi) is 4.03. The van der Waals surface area contributed by atoms with Crippen LogP contribution in [0.1, 0.15) is 37.4 Å². The van der Waals surface area contributed by atoms with Gasteiger partial charge in [-0.25, -0.2) is 0 Å². The minimum atomic E-state index is 0.0563. The number of fused-ring (bicyclic) bond motifs is 1. The third-order valence-corrected chi connectivity index (χ3v) is 4.31. The van der Waals surface area contributed by atoms with Crippen molar-refractivity contribution in [1.29, 1.82) is 5.26 Å². The van der Waals surface area contributed by atoms with E-state index in [1.165, 1.54) is 0 Å². The highest BCUT2D eigenvalue weighted by molar-refractivity contribution is 5.93. The molecule has 0 aliphatic carbocycles. The molecule has 0 bridgehead atoms. The van der Waals surface area contributed by atoms with E-state index in [1.807, 2.05) is 53.4 Å². The highest BCUT2D eigenvalue weighted by Crippen LogP contribution is 2.39. The molecule has 0 aromatic heterocycles. The average molecular weight is 305 g/mol. The summed E-state index contributed by atoms with van der Waals surface area (Å²) in [6.07, 6.45) is 0.802. The zero-order valence-corrected chi connectivity index (χ0v) is 13.3. The summed E-state index contributed by atoms with van der Waals surface area (Å²) in [7, 11) is 0. The van der Waals surface area contributed by atoms with Gasteiger partial charge in [0.15, 0.2) is 0 Å². The second-order valence-corrected chi connectivity index (χ2v) is 5.89. The van der Waals surface area contributed by atoms with E-state index in [-0.39, 0.29) is 18.0 Å². The molecule has 0 spiro atoms. The Morgan fingerprint density at radius 1 is 1.22 bits per heavy atom. The third-order valence-electron chi connectivity index (χ3n) is 4.31. The van der Waals surface area contributed by atoms with Crippen LogP contribution in [-0.4, -0.2) is 11.9 Å². The summed E-state index contributed by atoms with van der Waals surface area (Å²) < 4.78 is 0. The van der Waals surface area contributed by atoms with Crippen LogP contribution < -0.4 is 10.2 Å². The number of hydrogen-bond donors (Lipinski definition) is 1. The first kappa shape index (κ1) is 15.1. The maximum absolute atomic E-state index is 12.0. The fraction of sp³-hybridized carbons (Fsp3) is 0.263. The van der Waals surface area contributed by atoms with Gasteiger partial charge < -0.3 is 10.2 Å². The molecule has 0 radical (unpaired) electrons. The predicted molar refractivity (Wildman–Crippen MR) is 91.2 cm³/mol. The van der Waals surface area contributed by atoms with Gasteiger partial charge in [0, 0.05) is 18.7 Å². The van der Waals surface area contributed by atoms with Crippen molar-refractivity contribution in [2.45, 2.75) is 32.4 Å². The van der Waals surface area contributed by atoms with Crippen LogP contribution in [0.15, 0.2) is 48.5 Å². The van der Waals surface area contributed by atoms with E-state index in [2.05, 4.69) is 18.3 Å². The van der Waals surface area contributed by atoms with Gasteiger partial charge in [0.2, 0.25) is 5.91 Å². The van der Waals surface area contributed by atoms with Crippen molar-refractivity contribution in [1.82, 2.24) is 0 Å². The molecule has 1 N–H and O–H groups in total. The lowest BCUT2D eigenvalue weighted by Gasteiger charge is -2.39. The van der Waals surface area contributed by atoms with Crippen molar-refractivity contribution in [2.75, 3.05) is 10.2 Å². The van der Waals surface area contributed by atoms with E-state index in [1.54, 1.807) is 6.92 Å². The van der Waals surface area contributed by atoms with Gasteiger partial charge in [0.05, 0.1) is 17.3 Å². The van der Waals surface area contributed by atoms with Gasteiger partial charge in [-0.15, -0.1) is 0 Å². The second-order valence-electron chi connectivity index (χ2n) is 5.89. The van der Waals surface area contributed by atoms with Crippen molar-refractivity contribution in [3.05, 3.63) is 59.7 Å². The molecule has 2 aromatic rings. The number of amides is 1. The number of nitriles is 1. The van der Waals surface area contributed by atoms with E-state index in [0.717, 1.165) is 23.4 Å². The molecule has 116 valence electrons. The summed E-state index contributed by atoms with van der Waals surface area (Å²) in [6.45, 7) is 3.66. The molecule has 2 atom stereocenters. The number of para-hydroxylation sites is 2. The summed E-state index contributed by atoms with van der Waals surface area (Å²) in [5.74, 6) is 0.0563. The van der Waals surface area contributed by atoms with Crippen molar-refractivity contribution in [2.24, 2.45) is 0 Å². The van der Waals surface area contributed by atoms with Crippen LogP contribution in [0, 0.1) is 11.3 Å². The minimum absolute atomic E-state index is 0.0563. The first-order valence-corrected chi connectivity index (χ1v) is 7.76. The van der Waals surface area contributed by atoms with Crippen LogP contribution in [0.5, 0.6) is 0 Å². The lowest BCUT2D eigenvalue weighted by Crippen LogP contribution is -2.43. The standard InChI is InChI=1S/C19H19N3O/c1-13-11-18(21-17-9-5-3-7-15(17)12-20)16-8-4-6-10-19(16)22(13)14(2)23/h3-10,13,18,21H,11H2,1-2H3. The highest BCUT2D eigenvalue weighted by atomic mass is 16.2. The Hall–Kier alpha value is -2.80. The minimum Gasteiger partial charge on any atom is -0.377 e. The third kappa shape index (κ3) is 2.78. The van der Waals surface area contributed by atoms with E-state index >= 15 is 0 Å². The van der Waals surface area contributed by atoms with Crippen molar-refractivity contribution >= 4 is 17.3 Å². The summed E-state index contributed by atoms with van der Waals surface area (Å²) in [5.41, 5.74) is 3.50. The molecular weight excluding hydrogens is 286 g/mol. The van der Waals surface area contributed by atoms with Gasteiger partial charge in [-0.1, -0.05) is 30.3 Å². The zero-order chi connectivity index (χ0) is 16.4. The predicted octanol–water partition coefficient (Wildman–Crippen LogP) is 3.86. The largest absolute Gasteiger partial charge is 0.377 e. The van der Waals surface area contributed by atoms with Crippen LogP contribution in [-0.2, 0) is 4.79 Å². The van der Waals surface area contributed by atoms with Gasteiger partial charge in [-0.2, -0.15) is 5.26 Å². The molecule has 1 amide bonds. The molecule has 1 aliphatic heterocycles. The fourth-order valence-electron chi connectivity index (χ4n) is 3.32. The average Bonchev–Trinajstić information content (AvgIpc) is 2.55. The maximum atomic E-state index is 12.0. The van der Waals surface area contributed by atoms with Crippen LogP contribution >= 0.6 is 0 Å². The Morgan fingerprint density at radius 3 is 2.65 bits per heavy atom. The fourth-order valence-corrected chi connectivity index (χ4v) is 3.32. The summed E-state index contributed by atoms with van der Waals surface area (Å²) in [4.78, 5) is 13.9. The van der Waals surface area contributed by atoms with E-state index in [9.17, 15) is 10.1 Å². The lowest BCUT2D eigenvalue weighted by atomic mass is 9.91. The number of hydrogen-bond acceptors (Lipinski definition) is 3. The summed E-state index contributed by atoms with van der Waals surface area (Å²) in [6, 6.07) is 17.9. The summed E-state index contributed by atoms with van der Waals surface area (Å²) >= 11 is 0. The van der Waals surface area contributed by atoms with Gasteiger partial charge in [-0.05, 0) is 37.1 Å². The highest BCUT2D eigenvalue weighted by Gasteiger charge is 2.32. The van der Waals surface area contributed by atoms with Crippen molar-refractivity contribution in [3.63, 3.8) is 0 Å². The van der Waals surface area contributed by atoms with Gasteiger partial charge in [0.25, 0.3) is 0 Å². The van der Waals surface area contributed by atoms with Gasteiger partial charge in [0.1, 0.15) is 6.07 Å². The Bertz CT molecular complexity index is 778. The molecule has 2 unspecified atom stereocenters. The molecule has 4 nitrogen and oxygen atoms in total. The number of carbonyl (C=O) groups is 1. The van der Waals surface area contributed by atoms with Crippen molar-refractivity contribution < 1.29 is 4.79 Å². The van der Waals surface area contributed by atoms with E-state index < -0.39 is 0 Å². The van der Waals surface area contributed by atoms with E-state index in [0.29, 0.717) is 5.56 Å². The quantitative estimate of drug-likeness (QED) is 0.916.